The lowest BCUT2D eigenvalue weighted by Crippen LogP contribution is -2.37. The molecule has 2 rings (SSSR count). The summed E-state index contributed by atoms with van der Waals surface area (Å²) < 4.78 is 4.48. The molecule has 0 heterocycles. The van der Waals surface area contributed by atoms with Gasteiger partial charge in [-0.05, 0) is 11.1 Å². The Morgan fingerprint density at radius 1 is 0.870 bits per heavy atom. The van der Waals surface area contributed by atoms with E-state index in [0.29, 0.717) is 13.1 Å². The maximum Gasteiger partial charge on any atom is 0.406 e. The monoisotopic (exact) mass is 312 g/mol. The van der Waals surface area contributed by atoms with E-state index in [0.717, 1.165) is 11.1 Å². The Morgan fingerprint density at radius 2 is 1.35 bits per heavy atom. The summed E-state index contributed by atoms with van der Waals surface area (Å²) in [6.07, 6.45) is -0.512. The molecule has 2 N–H and O–H groups in total. The zero-order chi connectivity index (χ0) is 16.5. The van der Waals surface area contributed by atoms with Gasteiger partial charge >= 0.3 is 6.09 Å². The van der Waals surface area contributed by atoms with Crippen LogP contribution in [-0.2, 0) is 9.53 Å². The first-order chi connectivity index (χ1) is 11.2. The van der Waals surface area contributed by atoms with Crippen molar-refractivity contribution in [3.05, 3.63) is 71.8 Å². The molecule has 2 aromatic rings. The molecule has 0 aliphatic rings. The first-order valence-corrected chi connectivity index (χ1v) is 7.42. The minimum absolute atomic E-state index is 0.103. The molecule has 0 atom stereocenters. The number of nitrogens with one attached hydrogen (secondary N) is 2. The third-order valence-electron chi connectivity index (χ3n) is 3.41. The fourth-order valence-corrected chi connectivity index (χ4v) is 2.31. The predicted molar refractivity (Wildman–Crippen MR) is 88.1 cm³/mol. The summed E-state index contributed by atoms with van der Waals surface area (Å²) in [7, 11) is 1.30. The topological polar surface area (TPSA) is 67.4 Å². The molecule has 120 valence electrons. The van der Waals surface area contributed by atoms with Crippen LogP contribution in [0.5, 0.6) is 0 Å². The Kier molecular flexibility index (Phi) is 6.17. The van der Waals surface area contributed by atoms with Crippen molar-refractivity contribution in [2.24, 2.45) is 0 Å². The molecule has 0 fully saturated rings. The number of alkyl carbamates (subject to hydrolysis) is 1. The van der Waals surface area contributed by atoms with Crippen LogP contribution in [0.3, 0.4) is 0 Å². The highest BCUT2D eigenvalue weighted by molar-refractivity contribution is 5.87. The number of rotatable bonds is 6. The minimum atomic E-state index is -0.512. The van der Waals surface area contributed by atoms with E-state index >= 15 is 0 Å². The third-order valence-corrected chi connectivity index (χ3v) is 3.41. The number of benzene rings is 2. The average molecular weight is 312 g/mol. The molecule has 0 spiro atoms. The highest BCUT2D eigenvalue weighted by atomic mass is 16.5. The summed E-state index contributed by atoms with van der Waals surface area (Å²) >= 11 is 0. The normalized spacial score (nSPS) is 10.2. The van der Waals surface area contributed by atoms with Crippen molar-refractivity contribution in [1.82, 2.24) is 10.6 Å². The molecule has 0 saturated heterocycles. The Morgan fingerprint density at radius 3 is 1.83 bits per heavy atom. The van der Waals surface area contributed by atoms with Gasteiger partial charge in [0, 0.05) is 13.1 Å². The second kappa shape index (κ2) is 8.58. The summed E-state index contributed by atoms with van der Waals surface area (Å²) in [5.41, 5.74) is 1.86. The zero-order valence-corrected chi connectivity index (χ0v) is 13.0. The number of carbonyl (C=O) groups is 2. The van der Waals surface area contributed by atoms with Crippen LogP contribution in [0.25, 0.3) is 0 Å². The maximum atomic E-state index is 12.6. The smallest absolute Gasteiger partial charge is 0.406 e. The minimum Gasteiger partial charge on any atom is -0.453 e. The molecular formula is C18H20N2O3. The van der Waals surface area contributed by atoms with Crippen molar-refractivity contribution >= 4 is 12.0 Å². The number of hydrogen-bond acceptors (Lipinski definition) is 3. The molecule has 0 aliphatic heterocycles. The van der Waals surface area contributed by atoms with Crippen LogP contribution in [-0.4, -0.2) is 32.2 Å². The fraction of sp³-hybridized carbons (Fsp3) is 0.222. The van der Waals surface area contributed by atoms with E-state index in [2.05, 4.69) is 15.4 Å². The van der Waals surface area contributed by atoms with Gasteiger partial charge < -0.3 is 15.4 Å². The average Bonchev–Trinajstić information content (AvgIpc) is 2.60. The van der Waals surface area contributed by atoms with E-state index in [9.17, 15) is 9.59 Å². The molecular weight excluding hydrogens is 292 g/mol. The van der Waals surface area contributed by atoms with Gasteiger partial charge in [0.15, 0.2) is 0 Å². The van der Waals surface area contributed by atoms with E-state index in [1.807, 2.05) is 60.7 Å². The molecule has 0 unspecified atom stereocenters. The molecule has 0 aliphatic carbocycles. The van der Waals surface area contributed by atoms with Gasteiger partial charge in [0.2, 0.25) is 5.91 Å². The number of carbonyl (C=O) groups excluding carboxylic acids is 2. The number of hydrogen-bond donors (Lipinski definition) is 2. The van der Waals surface area contributed by atoms with Crippen LogP contribution in [0.1, 0.15) is 17.0 Å². The van der Waals surface area contributed by atoms with E-state index in [-0.39, 0.29) is 11.8 Å². The van der Waals surface area contributed by atoms with Gasteiger partial charge in [0.25, 0.3) is 0 Å². The number of amides is 2. The van der Waals surface area contributed by atoms with Crippen molar-refractivity contribution in [3.63, 3.8) is 0 Å². The van der Waals surface area contributed by atoms with Crippen LogP contribution < -0.4 is 10.6 Å². The van der Waals surface area contributed by atoms with E-state index in [1.165, 1.54) is 7.11 Å². The van der Waals surface area contributed by atoms with Crippen LogP contribution in [0.15, 0.2) is 60.7 Å². The van der Waals surface area contributed by atoms with Gasteiger partial charge in [-0.15, -0.1) is 0 Å². The maximum absolute atomic E-state index is 12.6. The van der Waals surface area contributed by atoms with Gasteiger partial charge in [-0.25, -0.2) is 4.79 Å². The predicted octanol–water partition coefficient (Wildman–Crippen LogP) is 2.29. The van der Waals surface area contributed by atoms with Crippen LogP contribution in [0, 0.1) is 0 Å². The highest BCUT2D eigenvalue weighted by Gasteiger charge is 2.21. The molecule has 2 amide bonds. The second-order valence-electron chi connectivity index (χ2n) is 4.96. The Labute approximate surface area is 135 Å². The third kappa shape index (κ3) is 4.85. The van der Waals surface area contributed by atoms with Gasteiger partial charge in [-0.3, -0.25) is 4.79 Å². The molecule has 5 heteroatoms. The summed E-state index contributed by atoms with van der Waals surface area (Å²) in [6.45, 7) is 0.652. The van der Waals surface area contributed by atoms with Crippen LogP contribution in [0.2, 0.25) is 0 Å². The van der Waals surface area contributed by atoms with Crippen LogP contribution in [0.4, 0.5) is 4.79 Å². The standard InChI is InChI=1S/C18H20N2O3/c1-23-18(22)20-13-12-19-17(21)16(14-8-4-2-5-9-14)15-10-6-3-7-11-15/h2-11,16H,12-13H2,1H3,(H,19,21)(H,20,22). The fourth-order valence-electron chi connectivity index (χ4n) is 2.31. The first-order valence-electron chi connectivity index (χ1n) is 7.42. The van der Waals surface area contributed by atoms with E-state index in [1.54, 1.807) is 0 Å². The number of ether oxygens (including phenoxy) is 1. The number of methoxy groups -OCH3 is 1. The van der Waals surface area contributed by atoms with E-state index < -0.39 is 6.09 Å². The molecule has 0 radical (unpaired) electrons. The summed E-state index contributed by atoms with van der Waals surface area (Å²) in [6, 6.07) is 19.2. The summed E-state index contributed by atoms with van der Waals surface area (Å²) in [5.74, 6) is -0.482. The second-order valence-corrected chi connectivity index (χ2v) is 4.96. The highest BCUT2D eigenvalue weighted by Crippen LogP contribution is 2.24. The lowest BCUT2D eigenvalue weighted by atomic mass is 9.90. The van der Waals surface area contributed by atoms with Gasteiger partial charge in [-0.1, -0.05) is 60.7 Å². The quantitative estimate of drug-likeness (QED) is 0.804. The molecule has 0 bridgehead atoms. The molecule has 5 nitrogen and oxygen atoms in total. The van der Waals surface area contributed by atoms with E-state index in [4.69, 9.17) is 0 Å². The van der Waals surface area contributed by atoms with Crippen LogP contribution >= 0.6 is 0 Å². The Bertz CT molecular complexity index is 590. The van der Waals surface area contributed by atoms with Crippen molar-refractivity contribution in [3.8, 4) is 0 Å². The molecule has 23 heavy (non-hydrogen) atoms. The van der Waals surface area contributed by atoms with Gasteiger partial charge in [-0.2, -0.15) is 0 Å². The largest absolute Gasteiger partial charge is 0.453 e. The molecule has 0 saturated carbocycles. The summed E-state index contributed by atoms with van der Waals surface area (Å²) in [5, 5.41) is 5.38. The SMILES string of the molecule is COC(=O)NCCNC(=O)C(c1ccccc1)c1ccccc1. The Hall–Kier alpha value is -2.82. The first kappa shape index (κ1) is 16.5. The summed E-state index contributed by atoms with van der Waals surface area (Å²) in [4.78, 5) is 23.6. The molecule has 2 aromatic carbocycles. The van der Waals surface area contributed by atoms with Crippen molar-refractivity contribution in [2.75, 3.05) is 20.2 Å². The lowest BCUT2D eigenvalue weighted by molar-refractivity contribution is -0.121. The van der Waals surface area contributed by atoms with Crippen molar-refractivity contribution in [2.45, 2.75) is 5.92 Å². The zero-order valence-electron chi connectivity index (χ0n) is 13.0. The molecule has 0 aromatic heterocycles. The van der Waals surface area contributed by atoms with Crippen molar-refractivity contribution in [1.29, 1.82) is 0 Å². The van der Waals surface area contributed by atoms with Gasteiger partial charge in [0.1, 0.15) is 0 Å². The van der Waals surface area contributed by atoms with Crippen molar-refractivity contribution < 1.29 is 14.3 Å². The van der Waals surface area contributed by atoms with Gasteiger partial charge in [0.05, 0.1) is 13.0 Å². The Balaban J connectivity index is 2.06. The lowest BCUT2D eigenvalue weighted by Gasteiger charge is -2.18.